The minimum Gasteiger partial charge on any atom is -0.481 e. The van der Waals surface area contributed by atoms with E-state index in [1.54, 1.807) is 12.1 Å². The molecule has 2 heterocycles. The molecule has 0 aliphatic rings. The number of nitrogens with one attached hydrogen (secondary N) is 1. The van der Waals surface area contributed by atoms with Crippen LogP contribution in [0.2, 0.25) is 5.02 Å². The van der Waals surface area contributed by atoms with Gasteiger partial charge in [-0.25, -0.2) is 4.98 Å². The van der Waals surface area contributed by atoms with Gasteiger partial charge in [0.1, 0.15) is 5.75 Å². The van der Waals surface area contributed by atoms with Crippen LogP contribution in [0.15, 0.2) is 65.1 Å². The summed E-state index contributed by atoms with van der Waals surface area (Å²) in [4.78, 5) is 16.9. The normalized spacial score (nSPS) is 11.8. The van der Waals surface area contributed by atoms with E-state index in [0.29, 0.717) is 26.9 Å². The minimum atomic E-state index is -0.359. The zero-order chi connectivity index (χ0) is 22.5. The maximum Gasteiger partial charge on any atom is 0.236 e. The number of aromatic nitrogens is 4. The van der Waals surface area contributed by atoms with Crippen LogP contribution >= 0.6 is 34.7 Å². The van der Waals surface area contributed by atoms with Gasteiger partial charge < -0.3 is 14.6 Å². The molecule has 2 aromatic carbocycles. The van der Waals surface area contributed by atoms with E-state index in [4.69, 9.17) is 16.3 Å². The molecule has 0 saturated carbocycles. The summed E-state index contributed by atoms with van der Waals surface area (Å²) in [5, 5.41) is 14.9. The van der Waals surface area contributed by atoms with E-state index >= 15 is 0 Å². The number of benzene rings is 2. The lowest BCUT2D eigenvalue weighted by molar-refractivity contribution is -0.113. The molecule has 4 aromatic rings. The van der Waals surface area contributed by atoms with Crippen LogP contribution in [-0.2, 0) is 11.8 Å². The van der Waals surface area contributed by atoms with Crippen molar-refractivity contribution in [2.75, 3.05) is 11.1 Å². The third-order valence-corrected chi connectivity index (χ3v) is 6.62. The summed E-state index contributed by atoms with van der Waals surface area (Å²) < 4.78 is 7.73. The summed E-state index contributed by atoms with van der Waals surface area (Å²) in [6.45, 7) is 1.88. The monoisotopic (exact) mass is 485 g/mol. The van der Waals surface area contributed by atoms with Crippen molar-refractivity contribution in [3.05, 3.63) is 70.8 Å². The van der Waals surface area contributed by atoms with Crippen LogP contribution in [0.5, 0.6) is 5.75 Å². The van der Waals surface area contributed by atoms with E-state index in [-0.39, 0.29) is 17.8 Å². The highest BCUT2D eigenvalue weighted by Gasteiger charge is 2.19. The topological polar surface area (TPSA) is 81.9 Å². The molecule has 0 saturated heterocycles. The first-order chi connectivity index (χ1) is 15.5. The van der Waals surface area contributed by atoms with Gasteiger partial charge in [-0.3, -0.25) is 4.79 Å². The summed E-state index contributed by atoms with van der Waals surface area (Å²) in [5.74, 6) is 1.25. The van der Waals surface area contributed by atoms with Gasteiger partial charge in [0.2, 0.25) is 5.91 Å². The molecule has 0 spiro atoms. The summed E-state index contributed by atoms with van der Waals surface area (Å²) in [6.07, 6.45) is -0.359. The Morgan fingerprint density at radius 2 is 1.94 bits per heavy atom. The zero-order valence-electron chi connectivity index (χ0n) is 17.4. The Labute approximate surface area is 198 Å². The molecule has 164 valence electrons. The number of para-hydroxylation sites is 1. The molecule has 0 radical (unpaired) electrons. The molecule has 7 nitrogen and oxygen atoms in total. The lowest BCUT2D eigenvalue weighted by atomic mass is 10.2. The Morgan fingerprint density at radius 1 is 1.19 bits per heavy atom. The second-order valence-corrected chi connectivity index (χ2v) is 9.04. The van der Waals surface area contributed by atoms with Crippen molar-refractivity contribution < 1.29 is 9.53 Å². The molecule has 32 heavy (non-hydrogen) atoms. The van der Waals surface area contributed by atoms with Gasteiger partial charge in [-0.2, -0.15) is 0 Å². The van der Waals surface area contributed by atoms with Crippen molar-refractivity contribution in [2.24, 2.45) is 7.05 Å². The summed E-state index contributed by atoms with van der Waals surface area (Å²) >= 11 is 8.86. The third kappa shape index (κ3) is 5.29. The van der Waals surface area contributed by atoms with Gasteiger partial charge >= 0.3 is 0 Å². The molecular weight excluding hydrogens is 466 g/mol. The molecule has 0 bridgehead atoms. The smallest absolute Gasteiger partial charge is 0.236 e. The van der Waals surface area contributed by atoms with Crippen molar-refractivity contribution in [2.45, 2.75) is 18.2 Å². The molecule has 1 atom stereocenters. The van der Waals surface area contributed by atoms with E-state index < -0.39 is 0 Å². The number of halogens is 1. The second-order valence-electron chi connectivity index (χ2n) is 6.83. The number of carbonyl (C=O) groups is 1. The molecule has 4 rings (SSSR count). The minimum absolute atomic E-state index is 0.158. The van der Waals surface area contributed by atoms with E-state index in [2.05, 4.69) is 20.5 Å². The van der Waals surface area contributed by atoms with E-state index in [1.807, 2.05) is 66.4 Å². The van der Waals surface area contributed by atoms with Crippen LogP contribution in [0.1, 0.15) is 18.9 Å². The largest absolute Gasteiger partial charge is 0.481 e. The SMILES string of the molecule is CC(Oc1ccccc1Cl)c1nnc(SCC(=O)Nc2nc(-c3ccccc3)cs2)n1C. The molecule has 0 aliphatic carbocycles. The Morgan fingerprint density at radius 3 is 2.72 bits per heavy atom. The number of hydrogen-bond acceptors (Lipinski definition) is 7. The number of thiazole rings is 1. The summed E-state index contributed by atoms with van der Waals surface area (Å²) in [7, 11) is 1.84. The highest BCUT2D eigenvalue weighted by atomic mass is 35.5. The predicted molar refractivity (Wildman–Crippen MR) is 128 cm³/mol. The number of thioether (sulfide) groups is 1. The third-order valence-electron chi connectivity index (χ3n) is 4.53. The average molecular weight is 486 g/mol. The van der Waals surface area contributed by atoms with Crippen LogP contribution < -0.4 is 10.1 Å². The number of hydrogen-bond donors (Lipinski definition) is 1. The number of carbonyl (C=O) groups excluding carboxylic acids is 1. The Bertz CT molecular complexity index is 1210. The molecule has 1 unspecified atom stereocenters. The number of anilines is 1. The van der Waals surface area contributed by atoms with Gasteiger partial charge in [0.25, 0.3) is 0 Å². The Kier molecular flexibility index (Phi) is 7.09. The maximum atomic E-state index is 12.4. The average Bonchev–Trinajstić information content (AvgIpc) is 3.41. The zero-order valence-corrected chi connectivity index (χ0v) is 19.7. The quantitative estimate of drug-likeness (QED) is 0.333. The number of ether oxygens (including phenoxy) is 1. The molecule has 1 amide bonds. The van der Waals surface area contributed by atoms with Crippen molar-refractivity contribution in [3.8, 4) is 17.0 Å². The van der Waals surface area contributed by atoms with Crippen molar-refractivity contribution in [1.29, 1.82) is 0 Å². The van der Waals surface area contributed by atoms with Gasteiger partial charge in [0.15, 0.2) is 22.2 Å². The van der Waals surface area contributed by atoms with Crippen LogP contribution in [0.25, 0.3) is 11.3 Å². The molecule has 1 N–H and O–H groups in total. The number of nitrogens with zero attached hydrogens (tertiary/aromatic N) is 4. The van der Waals surface area contributed by atoms with Gasteiger partial charge in [-0.05, 0) is 19.1 Å². The van der Waals surface area contributed by atoms with E-state index in [1.165, 1.54) is 23.1 Å². The molecule has 0 aliphatic heterocycles. The van der Waals surface area contributed by atoms with Crippen LogP contribution in [0.3, 0.4) is 0 Å². The standard InChI is InChI=1S/C22H20ClN5O2S2/c1-14(30-18-11-7-6-10-16(18)23)20-26-27-22(28(20)2)32-13-19(29)25-21-24-17(12-31-21)15-8-4-3-5-9-15/h3-12,14H,13H2,1-2H3,(H,24,25,29). The van der Waals surface area contributed by atoms with Gasteiger partial charge in [-0.1, -0.05) is 65.8 Å². The lowest BCUT2D eigenvalue weighted by Gasteiger charge is -2.15. The fraction of sp³-hybridized carbons (Fsp3) is 0.182. The molecule has 0 fully saturated rings. The number of amides is 1. The van der Waals surface area contributed by atoms with Crippen LogP contribution in [0.4, 0.5) is 5.13 Å². The van der Waals surface area contributed by atoms with Crippen molar-refractivity contribution in [3.63, 3.8) is 0 Å². The first kappa shape index (κ1) is 22.3. The first-order valence-electron chi connectivity index (χ1n) is 9.75. The second kappa shape index (κ2) is 10.2. The van der Waals surface area contributed by atoms with Crippen molar-refractivity contribution >= 4 is 45.7 Å². The fourth-order valence-electron chi connectivity index (χ4n) is 2.95. The number of rotatable bonds is 8. The van der Waals surface area contributed by atoms with E-state index in [0.717, 1.165) is 11.3 Å². The van der Waals surface area contributed by atoms with Gasteiger partial charge in [-0.15, -0.1) is 21.5 Å². The van der Waals surface area contributed by atoms with Crippen molar-refractivity contribution in [1.82, 2.24) is 19.7 Å². The summed E-state index contributed by atoms with van der Waals surface area (Å²) in [6, 6.07) is 17.1. The predicted octanol–water partition coefficient (Wildman–Crippen LogP) is 5.46. The lowest BCUT2D eigenvalue weighted by Crippen LogP contribution is -2.14. The Hall–Kier alpha value is -2.88. The van der Waals surface area contributed by atoms with Crippen LogP contribution in [0, 0.1) is 0 Å². The molecule has 10 heteroatoms. The Balaban J connectivity index is 1.33. The molecule has 2 aromatic heterocycles. The maximum absolute atomic E-state index is 12.4. The van der Waals surface area contributed by atoms with Crippen LogP contribution in [-0.4, -0.2) is 31.4 Å². The first-order valence-corrected chi connectivity index (χ1v) is 12.0. The van der Waals surface area contributed by atoms with Gasteiger partial charge in [0.05, 0.1) is 16.5 Å². The van der Waals surface area contributed by atoms with E-state index in [9.17, 15) is 4.79 Å². The summed E-state index contributed by atoms with van der Waals surface area (Å²) in [5.41, 5.74) is 1.85. The van der Waals surface area contributed by atoms with Gasteiger partial charge in [0, 0.05) is 18.0 Å². The highest BCUT2D eigenvalue weighted by Crippen LogP contribution is 2.29. The highest BCUT2D eigenvalue weighted by molar-refractivity contribution is 7.99. The fourth-order valence-corrected chi connectivity index (χ4v) is 4.58. The molecular formula is C22H20ClN5O2S2.